The molecule has 144 valence electrons. The second-order valence-corrected chi connectivity index (χ2v) is 7.01. The topological polar surface area (TPSA) is 41.8 Å². The Balaban J connectivity index is 1.93. The van der Waals surface area contributed by atoms with E-state index in [-0.39, 0.29) is 5.52 Å². The average Bonchev–Trinajstić information content (AvgIpc) is 3.05. The lowest BCUT2D eigenvalue weighted by Gasteiger charge is -2.08. The molecule has 0 unspecified atom stereocenters. The van der Waals surface area contributed by atoms with Crippen molar-refractivity contribution < 1.29 is 13.2 Å². The number of nitrogens with one attached hydrogen (secondary N) is 1. The fraction of sp³-hybridized carbons (Fsp3) is 0.217. The molecule has 2 nitrogen and oxygen atoms in total. The molecule has 0 spiro atoms. The van der Waals surface area contributed by atoms with Gasteiger partial charge in [0.25, 0.3) is 0 Å². The van der Waals surface area contributed by atoms with Crippen LogP contribution < -0.4 is 5.73 Å². The van der Waals surface area contributed by atoms with Gasteiger partial charge in [-0.2, -0.15) is 13.2 Å². The van der Waals surface area contributed by atoms with E-state index in [0.29, 0.717) is 18.4 Å². The lowest BCUT2D eigenvalue weighted by molar-refractivity contribution is -0.136. The summed E-state index contributed by atoms with van der Waals surface area (Å²) in [6.45, 7) is 0.571. The molecule has 4 rings (SSSR count). The van der Waals surface area contributed by atoms with Crippen LogP contribution in [0.15, 0.2) is 60.7 Å². The Kier molecular flexibility index (Phi) is 4.85. The molecule has 5 heteroatoms. The van der Waals surface area contributed by atoms with Crippen molar-refractivity contribution in [2.24, 2.45) is 5.73 Å². The Hall–Kier alpha value is -2.79. The summed E-state index contributed by atoms with van der Waals surface area (Å²) in [5.74, 6) is 0. The quantitative estimate of drug-likeness (QED) is 0.391. The van der Waals surface area contributed by atoms with E-state index in [0.717, 1.165) is 46.5 Å². The van der Waals surface area contributed by atoms with Gasteiger partial charge in [-0.25, -0.2) is 0 Å². The van der Waals surface area contributed by atoms with E-state index in [4.69, 9.17) is 5.73 Å². The highest BCUT2D eigenvalue weighted by molar-refractivity contribution is 5.95. The molecule has 3 N–H and O–H groups in total. The molecule has 0 aliphatic heterocycles. The minimum absolute atomic E-state index is 0.154. The highest BCUT2D eigenvalue weighted by Gasteiger charge is 2.34. The molecule has 4 aromatic rings. The molecule has 0 bridgehead atoms. The molecule has 3 aromatic carbocycles. The van der Waals surface area contributed by atoms with E-state index in [1.54, 1.807) is 6.07 Å². The van der Waals surface area contributed by atoms with Crippen molar-refractivity contribution in [2.75, 3.05) is 6.54 Å². The average molecular weight is 382 g/mol. The van der Waals surface area contributed by atoms with Crippen LogP contribution in [0.4, 0.5) is 13.2 Å². The smallest absolute Gasteiger partial charge is 0.354 e. The van der Waals surface area contributed by atoms with Crippen LogP contribution >= 0.6 is 0 Å². The van der Waals surface area contributed by atoms with Crippen molar-refractivity contribution in [2.45, 2.75) is 25.4 Å². The van der Waals surface area contributed by atoms with Crippen molar-refractivity contribution in [1.82, 2.24) is 4.98 Å². The minimum Gasteiger partial charge on any atom is -0.354 e. The fourth-order valence-corrected chi connectivity index (χ4v) is 3.81. The van der Waals surface area contributed by atoms with Crippen molar-refractivity contribution in [3.05, 3.63) is 71.8 Å². The Morgan fingerprint density at radius 3 is 2.39 bits per heavy atom. The Labute approximate surface area is 161 Å². The molecule has 0 saturated heterocycles. The molecule has 0 amide bonds. The predicted molar refractivity (Wildman–Crippen MR) is 108 cm³/mol. The molecule has 0 aliphatic rings. The zero-order valence-electron chi connectivity index (χ0n) is 15.3. The van der Waals surface area contributed by atoms with Crippen LogP contribution in [0, 0.1) is 0 Å². The lowest BCUT2D eigenvalue weighted by atomic mass is 9.98. The number of hydrogen-bond acceptors (Lipinski definition) is 1. The first-order valence-electron chi connectivity index (χ1n) is 9.39. The van der Waals surface area contributed by atoms with Crippen molar-refractivity contribution in [3.63, 3.8) is 0 Å². The zero-order chi connectivity index (χ0) is 19.7. The molecule has 0 atom stereocenters. The third kappa shape index (κ3) is 3.38. The maximum absolute atomic E-state index is 13.5. The first-order chi connectivity index (χ1) is 13.5. The summed E-state index contributed by atoms with van der Waals surface area (Å²) < 4.78 is 40.6. The van der Waals surface area contributed by atoms with Gasteiger partial charge in [0.1, 0.15) is 0 Å². The SMILES string of the molecule is NCCCCc1c(-c2ccc3ccccc3c2)[nH]c2c(C(F)(F)F)cccc12. The normalized spacial score (nSPS) is 12.1. The summed E-state index contributed by atoms with van der Waals surface area (Å²) in [6, 6.07) is 18.3. The van der Waals surface area contributed by atoms with Crippen molar-refractivity contribution in [3.8, 4) is 11.3 Å². The number of nitrogens with two attached hydrogens (primary N) is 1. The Bertz CT molecular complexity index is 1130. The molecule has 0 aliphatic carbocycles. The number of aromatic nitrogens is 1. The van der Waals surface area contributed by atoms with Gasteiger partial charge in [-0.05, 0) is 59.8 Å². The predicted octanol–water partition coefficient (Wildman–Crippen LogP) is 6.29. The van der Waals surface area contributed by atoms with Gasteiger partial charge >= 0.3 is 6.18 Å². The summed E-state index contributed by atoms with van der Waals surface area (Å²) >= 11 is 0. The van der Waals surface area contributed by atoms with Crippen LogP contribution in [0.1, 0.15) is 24.0 Å². The van der Waals surface area contributed by atoms with Crippen LogP contribution in [0.5, 0.6) is 0 Å². The largest absolute Gasteiger partial charge is 0.418 e. The first kappa shape index (κ1) is 18.6. The first-order valence-corrected chi connectivity index (χ1v) is 9.39. The maximum atomic E-state index is 13.5. The van der Waals surface area contributed by atoms with Crippen LogP contribution in [0.25, 0.3) is 32.9 Å². The molecule has 28 heavy (non-hydrogen) atoms. The summed E-state index contributed by atoms with van der Waals surface area (Å²) in [4.78, 5) is 3.10. The number of benzene rings is 3. The molecule has 1 aromatic heterocycles. The number of unbranched alkanes of at least 4 members (excludes halogenated alkanes) is 1. The van der Waals surface area contributed by atoms with Gasteiger partial charge in [-0.3, -0.25) is 0 Å². The summed E-state index contributed by atoms with van der Waals surface area (Å²) in [5.41, 5.74) is 7.72. The molecule has 0 saturated carbocycles. The number of para-hydroxylation sites is 1. The summed E-state index contributed by atoms with van der Waals surface area (Å²) in [7, 11) is 0. The molecular weight excluding hydrogens is 361 g/mol. The monoisotopic (exact) mass is 382 g/mol. The van der Waals surface area contributed by atoms with Gasteiger partial charge < -0.3 is 10.7 Å². The lowest BCUT2D eigenvalue weighted by Crippen LogP contribution is -2.05. The Morgan fingerprint density at radius 1 is 0.857 bits per heavy atom. The number of aryl methyl sites for hydroxylation is 1. The highest BCUT2D eigenvalue weighted by atomic mass is 19.4. The van der Waals surface area contributed by atoms with Crippen LogP contribution in [0.3, 0.4) is 0 Å². The number of rotatable bonds is 5. The molecule has 0 radical (unpaired) electrons. The maximum Gasteiger partial charge on any atom is 0.418 e. The van der Waals surface area contributed by atoms with Crippen molar-refractivity contribution in [1.29, 1.82) is 0 Å². The molecule has 1 heterocycles. The van der Waals surface area contributed by atoms with Gasteiger partial charge in [-0.15, -0.1) is 0 Å². The summed E-state index contributed by atoms with van der Waals surface area (Å²) in [5, 5.41) is 2.79. The third-order valence-electron chi connectivity index (χ3n) is 5.17. The van der Waals surface area contributed by atoms with E-state index in [1.165, 1.54) is 6.07 Å². The van der Waals surface area contributed by atoms with E-state index in [2.05, 4.69) is 4.98 Å². The van der Waals surface area contributed by atoms with E-state index < -0.39 is 11.7 Å². The van der Waals surface area contributed by atoms with Crippen LogP contribution in [-0.4, -0.2) is 11.5 Å². The minimum atomic E-state index is -4.40. The van der Waals surface area contributed by atoms with Crippen molar-refractivity contribution >= 4 is 21.7 Å². The molecular formula is C23H21F3N2. The number of fused-ring (bicyclic) bond motifs is 2. The summed E-state index contributed by atoms with van der Waals surface area (Å²) in [6.07, 6.45) is -2.05. The van der Waals surface area contributed by atoms with E-state index in [9.17, 15) is 13.2 Å². The van der Waals surface area contributed by atoms with Gasteiger partial charge in [0.05, 0.1) is 11.1 Å². The van der Waals surface area contributed by atoms with Crippen LogP contribution in [0.2, 0.25) is 0 Å². The van der Waals surface area contributed by atoms with Gasteiger partial charge in [0.2, 0.25) is 0 Å². The van der Waals surface area contributed by atoms with Crippen LogP contribution in [-0.2, 0) is 12.6 Å². The molecule has 0 fully saturated rings. The standard InChI is InChI=1S/C23H21F3N2/c24-23(25,26)20-10-5-9-19-18(8-3-4-13-27)21(28-22(19)20)17-12-11-15-6-1-2-7-16(15)14-17/h1-2,5-7,9-12,14,28H,3-4,8,13,27H2. The second kappa shape index (κ2) is 7.32. The number of hydrogen-bond donors (Lipinski definition) is 2. The van der Waals surface area contributed by atoms with Gasteiger partial charge in [-0.1, -0.05) is 48.5 Å². The number of alkyl halides is 3. The van der Waals surface area contributed by atoms with E-state index >= 15 is 0 Å². The van der Waals surface area contributed by atoms with E-state index in [1.807, 2.05) is 42.5 Å². The third-order valence-corrected chi connectivity index (χ3v) is 5.17. The highest BCUT2D eigenvalue weighted by Crippen LogP contribution is 2.39. The second-order valence-electron chi connectivity index (χ2n) is 7.01. The number of H-pyrrole nitrogens is 1. The zero-order valence-corrected chi connectivity index (χ0v) is 15.3. The Morgan fingerprint density at radius 2 is 1.64 bits per heavy atom. The number of halogens is 3. The van der Waals surface area contributed by atoms with Gasteiger partial charge in [0.15, 0.2) is 0 Å². The fourth-order valence-electron chi connectivity index (χ4n) is 3.81. The number of aromatic amines is 1. The van der Waals surface area contributed by atoms with Gasteiger partial charge in [0, 0.05) is 11.1 Å².